The molecule has 1 fully saturated rings. The van der Waals surface area contributed by atoms with Crippen molar-refractivity contribution in [3.05, 3.63) is 35.0 Å². The van der Waals surface area contributed by atoms with E-state index in [1.165, 1.54) is 11.2 Å². The molecule has 0 aliphatic carbocycles. The summed E-state index contributed by atoms with van der Waals surface area (Å²) < 4.78 is 1.78. The zero-order chi connectivity index (χ0) is 18.8. The highest BCUT2D eigenvalue weighted by Gasteiger charge is 2.27. The van der Waals surface area contributed by atoms with Gasteiger partial charge in [0, 0.05) is 37.6 Å². The number of hydrogen-bond acceptors (Lipinski definition) is 7. The molecular weight excluding hydrogens is 362 g/mol. The summed E-state index contributed by atoms with van der Waals surface area (Å²) in [6, 6.07) is 3.90. The van der Waals surface area contributed by atoms with Gasteiger partial charge in [-0.3, -0.25) is 9.69 Å². The largest absolute Gasteiger partial charge is 0.382 e. The lowest BCUT2D eigenvalue weighted by Gasteiger charge is -2.36. The number of carbonyl (C=O) groups is 1. The molecule has 1 amide bonds. The number of aromatic nitrogens is 4. The van der Waals surface area contributed by atoms with Crippen LogP contribution in [-0.2, 0) is 11.2 Å². The van der Waals surface area contributed by atoms with Crippen LogP contribution >= 0.6 is 11.3 Å². The van der Waals surface area contributed by atoms with Crippen LogP contribution in [0.25, 0.3) is 11.2 Å². The van der Waals surface area contributed by atoms with Crippen molar-refractivity contribution in [1.29, 1.82) is 0 Å². The number of nitrogens with zero attached hydrogens (tertiary/aromatic N) is 6. The molecule has 3 aromatic heterocycles. The van der Waals surface area contributed by atoms with E-state index in [0.717, 1.165) is 39.1 Å². The van der Waals surface area contributed by atoms with Crippen LogP contribution in [0.3, 0.4) is 0 Å². The van der Waals surface area contributed by atoms with Crippen molar-refractivity contribution in [3.63, 3.8) is 0 Å². The molecule has 142 valence electrons. The third-order valence-electron chi connectivity index (χ3n) is 5.10. The van der Waals surface area contributed by atoms with Gasteiger partial charge in [0.25, 0.3) is 0 Å². The number of hydrogen-bond donors (Lipinski definition) is 1. The minimum absolute atomic E-state index is 0.0874. The van der Waals surface area contributed by atoms with E-state index in [2.05, 4.69) is 37.4 Å². The maximum absolute atomic E-state index is 13.0. The summed E-state index contributed by atoms with van der Waals surface area (Å²) in [5.74, 6) is 0.419. The molecule has 27 heavy (non-hydrogen) atoms. The lowest BCUT2D eigenvalue weighted by molar-refractivity contribution is -0.136. The maximum Gasteiger partial charge on any atom is 0.245 e. The average molecular weight is 385 g/mol. The molecule has 3 aromatic rings. The van der Waals surface area contributed by atoms with Gasteiger partial charge in [0.05, 0.1) is 6.33 Å². The van der Waals surface area contributed by atoms with Crippen molar-refractivity contribution in [2.24, 2.45) is 0 Å². The van der Waals surface area contributed by atoms with E-state index in [9.17, 15) is 4.79 Å². The predicted octanol–water partition coefficient (Wildman–Crippen LogP) is 1.42. The lowest BCUT2D eigenvalue weighted by atomic mass is 10.2. The standard InChI is InChI=1S/C18H23N7OS/c1-13(25-12-22-15-16(19)20-11-21-17(15)25)18(26)24-8-6-23(7-9-24)5-4-14-3-2-10-27-14/h2-3,10-13H,4-9H2,1H3,(H2,19,20,21). The molecule has 1 aliphatic heterocycles. The van der Waals surface area contributed by atoms with Crippen LogP contribution in [0.1, 0.15) is 17.8 Å². The zero-order valence-electron chi connectivity index (χ0n) is 15.3. The molecule has 8 nitrogen and oxygen atoms in total. The maximum atomic E-state index is 13.0. The van der Waals surface area contributed by atoms with Crippen molar-refractivity contribution < 1.29 is 4.79 Å². The summed E-state index contributed by atoms with van der Waals surface area (Å²) >= 11 is 1.80. The van der Waals surface area contributed by atoms with E-state index < -0.39 is 0 Å². The number of nitrogen functional groups attached to an aromatic ring is 1. The third kappa shape index (κ3) is 3.65. The summed E-state index contributed by atoms with van der Waals surface area (Å²) in [5.41, 5.74) is 6.97. The van der Waals surface area contributed by atoms with Gasteiger partial charge in [-0.15, -0.1) is 11.3 Å². The predicted molar refractivity (Wildman–Crippen MR) is 105 cm³/mol. The number of thiophene rings is 1. The molecular formula is C18H23N7OS. The molecule has 2 N–H and O–H groups in total. The summed E-state index contributed by atoms with van der Waals surface area (Å²) in [5, 5.41) is 2.12. The first-order chi connectivity index (χ1) is 13.1. The Morgan fingerprint density at radius 3 is 2.81 bits per heavy atom. The van der Waals surface area contributed by atoms with Gasteiger partial charge in [-0.2, -0.15) is 0 Å². The molecule has 1 saturated heterocycles. The van der Waals surface area contributed by atoms with Gasteiger partial charge < -0.3 is 15.2 Å². The normalized spacial score (nSPS) is 16.7. The highest BCUT2D eigenvalue weighted by atomic mass is 32.1. The Bertz CT molecular complexity index is 915. The third-order valence-corrected chi connectivity index (χ3v) is 6.04. The zero-order valence-corrected chi connectivity index (χ0v) is 16.1. The van der Waals surface area contributed by atoms with Crippen LogP contribution in [0.15, 0.2) is 30.2 Å². The molecule has 1 atom stereocenters. The molecule has 9 heteroatoms. The Balaban J connectivity index is 1.36. The molecule has 1 aliphatic rings. The first-order valence-electron chi connectivity index (χ1n) is 9.10. The van der Waals surface area contributed by atoms with Crippen LogP contribution in [0.4, 0.5) is 5.82 Å². The Labute approximate surface area is 161 Å². The average Bonchev–Trinajstić information content (AvgIpc) is 3.36. The number of carbonyl (C=O) groups excluding carboxylic acids is 1. The lowest BCUT2D eigenvalue weighted by Crippen LogP contribution is -2.50. The quantitative estimate of drug-likeness (QED) is 0.714. The Hall–Kier alpha value is -2.52. The van der Waals surface area contributed by atoms with Crippen molar-refractivity contribution >= 4 is 34.2 Å². The number of imidazole rings is 1. The topological polar surface area (TPSA) is 93.2 Å². The second kappa shape index (κ2) is 7.61. The Morgan fingerprint density at radius 2 is 2.07 bits per heavy atom. The van der Waals surface area contributed by atoms with Gasteiger partial charge in [-0.25, -0.2) is 15.0 Å². The van der Waals surface area contributed by atoms with Crippen LogP contribution in [0.2, 0.25) is 0 Å². The van der Waals surface area contributed by atoms with Gasteiger partial charge in [0.15, 0.2) is 11.5 Å². The van der Waals surface area contributed by atoms with Crippen molar-refractivity contribution in [2.45, 2.75) is 19.4 Å². The summed E-state index contributed by atoms with van der Waals surface area (Å²) in [4.78, 5) is 31.2. The minimum atomic E-state index is -0.373. The summed E-state index contributed by atoms with van der Waals surface area (Å²) in [6.07, 6.45) is 4.10. The van der Waals surface area contributed by atoms with Crippen LogP contribution in [-0.4, -0.2) is 67.9 Å². The fourth-order valence-corrected chi connectivity index (χ4v) is 4.15. The van der Waals surface area contributed by atoms with Crippen LogP contribution < -0.4 is 5.73 Å². The van der Waals surface area contributed by atoms with E-state index in [0.29, 0.717) is 17.0 Å². The van der Waals surface area contributed by atoms with Gasteiger partial charge >= 0.3 is 0 Å². The van der Waals surface area contributed by atoms with Crippen LogP contribution in [0.5, 0.6) is 0 Å². The minimum Gasteiger partial charge on any atom is -0.382 e. The van der Waals surface area contributed by atoms with Gasteiger partial charge in [0.1, 0.15) is 17.9 Å². The van der Waals surface area contributed by atoms with Crippen molar-refractivity contribution in [3.8, 4) is 0 Å². The monoisotopic (exact) mass is 385 g/mol. The van der Waals surface area contributed by atoms with E-state index in [-0.39, 0.29) is 11.9 Å². The SMILES string of the molecule is CC(C(=O)N1CCN(CCc2cccs2)CC1)n1cnc2c(N)ncnc21. The fourth-order valence-electron chi connectivity index (χ4n) is 3.45. The van der Waals surface area contributed by atoms with Gasteiger partial charge in [-0.05, 0) is 24.8 Å². The molecule has 0 aromatic carbocycles. The number of piperazine rings is 1. The number of rotatable bonds is 5. The molecule has 0 bridgehead atoms. The number of anilines is 1. The van der Waals surface area contributed by atoms with E-state index in [1.807, 2.05) is 11.8 Å². The highest BCUT2D eigenvalue weighted by molar-refractivity contribution is 7.09. The fraction of sp³-hybridized carbons (Fsp3) is 0.444. The number of fused-ring (bicyclic) bond motifs is 1. The molecule has 4 heterocycles. The Morgan fingerprint density at radius 1 is 1.26 bits per heavy atom. The summed E-state index contributed by atoms with van der Waals surface area (Å²) in [6.45, 7) is 6.23. The highest BCUT2D eigenvalue weighted by Crippen LogP contribution is 2.20. The molecule has 4 rings (SSSR count). The molecule has 1 unspecified atom stereocenters. The number of amides is 1. The van der Waals surface area contributed by atoms with Crippen molar-refractivity contribution in [1.82, 2.24) is 29.3 Å². The van der Waals surface area contributed by atoms with E-state index in [4.69, 9.17) is 5.73 Å². The molecule has 0 saturated carbocycles. The summed E-state index contributed by atoms with van der Waals surface area (Å²) in [7, 11) is 0. The number of nitrogens with two attached hydrogens (primary N) is 1. The molecule has 0 radical (unpaired) electrons. The smallest absolute Gasteiger partial charge is 0.245 e. The molecule has 0 spiro atoms. The van der Waals surface area contributed by atoms with Crippen LogP contribution in [0, 0.1) is 0 Å². The second-order valence-electron chi connectivity index (χ2n) is 6.76. The van der Waals surface area contributed by atoms with E-state index >= 15 is 0 Å². The van der Waals surface area contributed by atoms with E-state index in [1.54, 1.807) is 22.2 Å². The first-order valence-corrected chi connectivity index (χ1v) is 9.98. The second-order valence-corrected chi connectivity index (χ2v) is 7.79. The van der Waals surface area contributed by atoms with Gasteiger partial charge in [-0.1, -0.05) is 6.07 Å². The first kappa shape index (κ1) is 17.9. The van der Waals surface area contributed by atoms with Crippen molar-refractivity contribution in [2.75, 3.05) is 38.5 Å². The Kier molecular flexibility index (Phi) is 5.04. The van der Waals surface area contributed by atoms with Gasteiger partial charge in [0.2, 0.25) is 5.91 Å².